The molecule has 4 rings (SSSR count). The molecule has 0 fully saturated rings. The summed E-state index contributed by atoms with van der Waals surface area (Å²) in [6.45, 7) is 0.989. The maximum atomic E-state index is 12.5. The van der Waals surface area contributed by atoms with Gasteiger partial charge in [-0.2, -0.15) is 9.82 Å². The molecule has 36 heavy (non-hydrogen) atoms. The van der Waals surface area contributed by atoms with Crippen LogP contribution in [0, 0.1) is 0 Å². The highest BCUT2D eigenvalue weighted by atomic mass is 32.2. The van der Waals surface area contributed by atoms with E-state index in [1.807, 2.05) is 6.07 Å². The lowest BCUT2D eigenvalue weighted by molar-refractivity contribution is -0.138. The molecule has 0 saturated heterocycles. The fraction of sp³-hybridized carbons (Fsp3) is 0.348. The lowest BCUT2D eigenvalue weighted by Gasteiger charge is -2.17. The van der Waals surface area contributed by atoms with E-state index < -0.39 is 40.2 Å². The second-order valence-corrected chi connectivity index (χ2v) is 10.2. The Bertz CT molecular complexity index is 1330. The summed E-state index contributed by atoms with van der Waals surface area (Å²) in [5.74, 6) is -1.45. The molecule has 0 aromatic carbocycles. The Hall–Kier alpha value is -3.84. The number of aryl methyl sites for hydroxylation is 3. The summed E-state index contributed by atoms with van der Waals surface area (Å²) >= 11 is 0. The van der Waals surface area contributed by atoms with Gasteiger partial charge in [-0.3, -0.25) is 19.3 Å². The molecule has 0 spiro atoms. The van der Waals surface area contributed by atoms with Crippen LogP contribution in [0.15, 0.2) is 49.1 Å². The molecule has 12 nitrogen and oxygen atoms in total. The highest BCUT2D eigenvalue weighted by Crippen LogP contribution is 2.20. The van der Waals surface area contributed by atoms with E-state index in [0.29, 0.717) is 18.5 Å². The van der Waals surface area contributed by atoms with E-state index in [2.05, 4.69) is 36.5 Å². The van der Waals surface area contributed by atoms with Gasteiger partial charge in [0.1, 0.15) is 11.9 Å². The number of carbonyl (C=O) groups excluding carboxylic acids is 1. The summed E-state index contributed by atoms with van der Waals surface area (Å²) in [5, 5.41) is 19.4. The van der Waals surface area contributed by atoms with Crippen molar-refractivity contribution in [1.82, 2.24) is 29.8 Å². The minimum absolute atomic E-state index is 0.235. The van der Waals surface area contributed by atoms with E-state index in [1.165, 1.54) is 36.3 Å². The number of amides is 1. The minimum atomic E-state index is -3.96. The number of nitrogens with one attached hydrogen (secondary N) is 3. The third kappa shape index (κ3) is 6.86. The van der Waals surface area contributed by atoms with Crippen LogP contribution < -0.4 is 15.4 Å². The number of hydrogen-bond acceptors (Lipinski definition) is 8. The topological polar surface area (TPSA) is 168 Å². The Labute approximate surface area is 208 Å². The fourth-order valence-electron chi connectivity index (χ4n) is 3.77. The third-order valence-electron chi connectivity index (χ3n) is 5.64. The molecule has 190 valence electrons. The lowest BCUT2D eigenvalue weighted by Crippen LogP contribution is -2.48. The number of pyridine rings is 2. The number of sulfonamides is 1. The predicted molar refractivity (Wildman–Crippen MR) is 131 cm³/mol. The highest BCUT2D eigenvalue weighted by molar-refractivity contribution is 7.88. The maximum absolute atomic E-state index is 12.5. The Balaban J connectivity index is 1.29. The first-order valence-corrected chi connectivity index (χ1v) is 13.1. The van der Waals surface area contributed by atoms with Gasteiger partial charge >= 0.3 is 5.97 Å². The fourth-order valence-corrected chi connectivity index (χ4v) is 5.11. The number of fused-ring (bicyclic) bond motifs is 1. The molecular formula is C23H27N7O5S. The number of carbonyl (C=O) groups is 2. The standard InChI is InChI=1S/C23H27N7O5S/c31-22(26-13-20(23(32)33)29-36(34,35)15-16-5-9-24-10-6-16)18-12-27-30(14-18)11-7-19-4-3-17-2-1-8-25-21(17)28-19/h3-6,9-10,12,14,20,29H,1-2,7-8,11,13,15H2,(H,25,28)(H,26,31)(H,32,33). The van der Waals surface area contributed by atoms with E-state index >= 15 is 0 Å². The Morgan fingerprint density at radius 2 is 2.00 bits per heavy atom. The van der Waals surface area contributed by atoms with Crippen LogP contribution in [0.25, 0.3) is 0 Å². The van der Waals surface area contributed by atoms with Crippen molar-refractivity contribution in [2.75, 3.05) is 18.4 Å². The Kier molecular flexibility index (Phi) is 7.90. The molecule has 3 aromatic rings. The second kappa shape index (κ2) is 11.3. The van der Waals surface area contributed by atoms with Gasteiger partial charge in [0, 0.05) is 50.3 Å². The molecule has 3 aromatic heterocycles. The molecule has 1 atom stereocenters. The molecule has 13 heteroatoms. The van der Waals surface area contributed by atoms with Crippen LogP contribution in [0.3, 0.4) is 0 Å². The summed E-state index contributed by atoms with van der Waals surface area (Å²) in [6, 6.07) is 5.58. The number of anilines is 1. The largest absolute Gasteiger partial charge is 0.480 e. The van der Waals surface area contributed by atoms with Gasteiger partial charge in [0.15, 0.2) is 0 Å². The van der Waals surface area contributed by atoms with Gasteiger partial charge in [-0.05, 0) is 42.2 Å². The number of nitrogens with zero attached hydrogens (tertiary/aromatic N) is 4. The molecule has 1 aliphatic rings. The van der Waals surface area contributed by atoms with Crippen molar-refractivity contribution in [3.05, 3.63) is 71.4 Å². The third-order valence-corrected chi connectivity index (χ3v) is 6.99. The number of aromatic nitrogens is 4. The van der Waals surface area contributed by atoms with Crippen LogP contribution in [0.4, 0.5) is 5.82 Å². The zero-order valence-corrected chi connectivity index (χ0v) is 20.2. The summed E-state index contributed by atoms with van der Waals surface area (Å²) < 4.78 is 28.5. The summed E-state index contributed by atoms with van der Waals surface area (Å²) in [7, 11) is -3.96. The van der Waals surface area contributed by atoms with Gasteiger partial charge < -0.3 is 15.7 Å². The molecule has 0 saturated carbocycles. The van der Waals surface area contributed by atoms with Gasteiger partial charge in [-0.25, -0.2) is 13.4 Å². The van der Waals surface area contributed by atoms with Crippen LogP contribution in [0.2, 0.25) is 0 Å². The molecule has 1 aliphatic heterocycles. The van der Waals surface area contributed by atoms with E-state index in [1.54, 1.807) is 10.9 Å². The molecule has 0 aliphatic carbocycles. The van der Waals surface area contributed by atoms with Crippen LogP contribution in [-0.2, 0) is 40.0 Å². The molecule has 4 heterocycles. The quantitative estimate of drug-likeness (QED) is 0.286. The van der Waals surface area contributed by atoms with Crippen molar-refractivity contribution >= 4 is 27.7 Å². The van der Waals surface area contributed by atoms with Crippen molar-refractivity contribution < 1.29 is 23.1 Å². The molecule has 1 unspecified atom stereocenters. The summed E-state index contributed by atoms with van der Waals surface area (Å²) in [6.07, 6.45) is 8.55. The molecular weight excluding hydrogens is 486 g/mol. The first kappa shape index (κ1) is 25.3. The highest BCUT2D eigenvalue weighted by Gasteiger charge is 2.25. The van der Waals surface area contributed by atoms with Crippen LogP contribution in [0.1, 0.15) is 33.6 Å². The number of carboxylic acid groups (broad SMARTS) is 1. The van der Waals surface area contributed by atoms with Crippen molar-refractivity contribution in [2.45, 2.75) is 37.6 Å². The molecule has 0 radical (unpaired) electrons. The van der Waals surface area contributed by atoms with E-state index in [0.717, 1.165) is 30.9 Å². The normalized spacial score (nSPS) is 13.9. The zero-order chi connectivity index (χ0) is 25.5. The monoisotopic (exact) mass is 513 g/mol. The predicted octanol–water partition coefficient (Wildman–Crippen LogP) is 0.577. The number of rotatable bonds is 11. The van der Waals surface area contributed by atoms with E-state index in [9.17, 15) is 23.1 Å². The second-order valence-electron chi connectivity index (χ2n) is 8.42. The van der Waals surface area contributed by atoms with Gasteiger partial charge in [0.05, 0.1) is 17.5 Å². The number of carboxylic acids is 1. The first-order chi connectivity index (χ1) is 17.3. The Morgan fingerprint density at radius 1 is 1.19 bits per heavy atom. The van der Waals surface area contributed by atoms with Gasteiger partial charge in [0.25, 0.3) is 5.91 Å². The van der Waals surface area contributed by atoms with Gasteiger partial charge in [-0.1, -0.05) is 6.07 Å². The van der Waals surface area contributed by atoms with Crippen molar-refractivity contribution in [3.63, 3.8) is 0 Å². The minimum Gasteiger partial charge on any atom is -0.480 e. The van der Waals surface area contributed by atoms with Gasteiger partial charge in [-0.15, -0.1) is 0 Å². The summed E-state index contributed by atoms with van der Waals surface area (Å²) in [4.78, 5) is 32.6. The van der Waals surface area contributed by atoms with Crippen molar-refractivity contribution in [1.29, 1.82) is 0 Å². The van der Waals surface area contributed by atoms with Crippen molar-refractivity contribution in [2.24, 2.45) is 0 Å². The zero-order valence-electron chi connectivity index (χ0n) is 19.4. The SMILES string of the molecule is O=C(NCC(NS(=O)(=O)Cc1ccncc1)C(=O)O)c1cnn(CCc2ccc3c(n2)NCCC3)c1. The van der Waals surface area contributed by atoms with Crippen LogP contribution >= 0.6 is 0 Å². The number of aliphatic carboxylic acids is 1. The summed E-state index contributed by atoms with van der Waals surface area (Å²) in [5.41, 5.74) is 2.81. The first-order valence-electron chi connectivity index (χ1n) is 11.4. The van der Waals surface area contributed by atoms with E-state index in [-0.39, 0.29) is 5.56 Å². The Morgan fingerprint density at radius 3 is 2.78 bits per heavy atom. The number of hydrogen-bond donors (Lipinski definition) is 4. The maximum Gasteiger partial charge on any atom is 0.323 e. The average molecular weight is 514 g/mol. The molecule has 0 bridgehead atoms. The van der Waals surface area contributed by atoms with Crippen LogP contribution in [0.5, 0.6) is 0 Å². The molecule has 4 N–H and O–H groups in total. The average Bonchev–Trinajstić information content (AvgIpc) is 3.34. The smallest absolute Gasteiger partial charge is 0.323 e. The van der Waals surface area contributed by atoms with Gasteiger partial charge in [0.2, 0.25) is 10.0 Å². The molecule has 1 amide bonds. The lowest BCUT2D eigenvalue weighted by atomic mass is 10.1. The van der Waals surface area contributed by atoms with E-state index in [4.69, 9.17) is 0 Å². The van der Waals surface area contributed by atoms with Crippen molar-refractivity contribution in [3.8, 4) is 0 Å². The van der Waals surface area contributed by atoms with Crippen LogP contribution in [-0.4, -0.2) is 64.3 Å².